The van der Waals surface area contributed by atoms with Crippen LogP contribution in [0.15, 0.2) is 18.2 Å². The highest BCUT2D eigenvalue weighted by Crippen LogP contribution is 2.25. The molecule has 0 fully saturated rings. The molecule has 0 amide bonds. The van der Waals surface area contributed by atoms with Crippen molar-refractivity contribution in [3.63, 3.8) is 0 Å². The summed E-state index contributed by atoms with van der Waals surface area (Å²) in [7, 11) is 4.49. The molecule has 20 heavy (non-hydrogen) atoms. The highest BCUT2D eigenvalue weighted by Gasteiger charge is 2.14. The van der Waals surface area contributed by atoms with Gasteiger partial charge in [0.2, 0.25) is 0 Å². The molecule has 0 unspecified atom stereocenters. The lowest BCUT2D eigenvalue weighted by Gasteiger charge is -2.12. The lowest BCUT2D eigenvalue weighted by Crippen LogP contribution is -2.10. The van der Waals surface area contributed by atoms with E-state index in [-0.39, 0.29) is 0 Å². The second-order valence-corrected chi connectivity index (χ2v) is 3.83. The first-order chi connectivity index (χ1) is 9.72. The molecule has 112 valence electrons. The summed E-state index contributed by atoms with van der Waals surface area (Å²) in [5.41, 5.74) is 0.318. The van der Waals surface area contributed by atoms with Gasteiger partial charge < -0.3 is 23.7 Å². The van der Waals surface area contributed by atoms with Gasteiger partial charge in [0.25, 0.3) is 0 Å². The first kappa shape index (κ1) is 16.3. The van der Waals surface area contributed by atoms with Crippen molar-refractivity contribution in [3.8, 4) is 11.5 Å². The van der Waals surface area contributed by atoms with E-state index >= 15 is 0 Å². The van der Waals surface area contributed by atoms with E-state index in [1.807, 2.05) is 0 Å². The normalized spacial score (nSPS) is 10.2. The Labute approximate surface area is 118 Å². The van der Waals surface area contributed by atoms with Crippen LogP contribution in [0.1, 0.15) is 10.4 Å². The first-order valence-electron chi connectivity index (χ1n) is 6.18. The van der Waals surface area contributed by atoms with Crippen LogP contribution in [0.25, 0.3) is 0 Å². The second-order valence-electron chi connectivity index (χ2n) is 3.83. The zero-order valence-electron chi connectivity index (χ0n) is 12.0. The molecule has 1 rings (SSSR count). The molecule has 0 aliphatic heterocycles. The van der Waals surface area contributed by atoms with Gasteiger partial charge in [0.1, 0.15) is 30.3 Å². The Hall–Kier alpha value is -1.79. The Morgan fingerprint density at radius 3 is 2.20 bits per heavy atom. The molecule has 0 N–H and O–H groups in total. The van der Waals surface area contributed by atoms with Gasteiger partial charge in [-0.1, -0.05) is 0 Å². The lowest BCUT2D eigenvalue weighted by molar-refractivity contribution is 0.0593. The van der Waals surface area contributed by atoms with Crippen molar-refractivity contribution in [3.05, 3.63) is 23.8 Å². The van der Waals surface area contributed by atoms with Crippen LogP contribution in [0.4, 0.5) is 0 Å². The maximum Gasteiger partial charge on any atom is 0.341 e. The van der Waals surface area contributed by atoms with Crippen molar-refractivity contribution in [2.75, 3.05) is 47.8 Å². The standard InChI is InChI=1S/C14H20O6/c1-16-6-8-19-11-4-5-13(20-9-7-17-2)12(10-11)14(15)18-3/h4-5,10H,6-9H2,1-3H3. The largest absolute Gasteiger partial charge is 0.491 e. The van der Waals surface area contributed by atoms with E-state index in [0.717, 1.165) is 0 Å². The predicted molar refractivity (Wildman–Crippen MR) is 72.5 cm³/mol. The van der Waals surface area contributed by atoms with Crippen LogP contribution < -0.4 is 9.47 Å². The van der Waals surface area contributed by atoms with Crippen molar-refractivity contribution < 1.29 is 28.5 Å². The summed E-state index contributed by atoms with van der Waals surface area (Å²) in [6.07, 6.45) is 0. The molecule has 0 bridgehead atoms. The Balaban J connectivity index is 2.80. The molecule has 0 spiro atoms. The number of ether oxygens (including phenoxy) is 5. The Bertz CT molecular complexity index is 418. The van der Waals surface area contributed by atoms with E-state index in [0.29, 0.717) is 43.5 Å². The molecule has 6 nitrogen and oxygen atoms in total. The van der Waals surface area contributed by atoms with Crippen LogP contribution in [0.5, 0.6) is 11.5 Å². The van der Waals surface area contributed by atoms with E-state index < -0.39 is 5.97 Å². The Kier molecular flexibility index (Phi) is 7.46. The summed E-state index contributed by atoms with van der Waals surface area (Å²) in [6.45, 7) is 1.66. The minimum Gasteiger partial charge on any atom is -0.491 e. The lowest BCUT2D eigenvalue weighted by atomic mass is 10.2. The molecule has 0 aliphatic rings. The van der Waals surface area contributed by atoms with Gasteiger partial charge in [-0.3, -0.25) is 0 Å². The third kappa shape index (κ3) is 5.07. The number of carbonyl (C=O) groups is 1. The average Bonchev–Trinajstić information content (AvgIpc) is 2.48. The average molecular weight is 284 g/mol. The summed E-state index contributed by atoms with van der Waals surface area (Å²) < 4.78 is 25.5. The van der Waals surface area contributed by atoms with Crippen LogP contribution in [0.3, 0.4) is 0 Å². The van der Waals surface area contributed by atoms with Crippen LogP contribution >= 0.6 is 0 Å². The zero-order valence-corrected chi connectivity index (χ0v) is 12.0. The molecule has 0 saturated heterocycles. The number of benzene rings is 1. The van der Waals surface area contributed by atoms with Gasteiger partial charge in [0.15, 0.2) is 0 Å². The van der Waals surface area contributed by atoms with Gasteiger partial charge in [0.05, 0.1) is 20.3 Å². The molecule has 0 aromatic heterocycles. The number of hydrogen-bond acceptors (Lipinski definition) is 6. The van der Waals surface area contributed by atoms with Crippen molar-refractivity contribution in [2.45, 2.75) is 0 Å². The predicted octanol–water partition coefficient (Wildman–Crippen LogP) is 1.52. The smallest absolute Gasteiger partial charge is 0.341 e. The zero-order chi connectivity index (χ0) is 14.8. The molecule has 0 aliphatic carbocycles. The second kappa shape index (κ2) is 9.17. The van der Waals surface area contributed by atoms with Crippen molar-refractivity contribution in [1.29, 1.82) is 0 Å². The minimum atomic E-state index is -0.477. The Morgan fingerprint density at radius 1 is 0.950 bits per heavy atom. The summed E-state index contributed by atoms with van der Waals surface area (Å²) in [5, 5.41) is 0. The van der Waals surface area contributed by atoms with Crippen molar-refractivity contribution in [1.82, 2.24) is 0 Å². The van der Waals surface area contributed by atoms with E-state index in [4.69, 9.17) is 23.7 Å². The number of methoxy groups -OCH3 is 3. The van der Waals surface area contributed by atoms with Gasteiger partial charge in [-0.25, -0.2) is 4.79 Å². The molecule has 6 heteroatoms. The van der Waals surface area contributed by atoms with E-state index in [2.05, 4.69) is 0 Å². The summed E-state index contributed by atoms with van der Waals surface area (Å²) in [4.78, 5) is 11.7. The molecule has 0 heterocycles. The van der Waals surface area contributed by atoms with Crippen LogP contribution in [-0.2, 0) is 14.2 Å². The fraction of sp³-hybridized carbons (Fsp3) is 0.500. The topological polar surface area (TPSA) is 63.2 Å². The van der Waals surface area contributed by atoms with Crippen LogP contribution in [0, 0.1) is 0 Å². The molecule has 0 atom stereocenters. The molecular weight excluding hydrogens is 264 g/mol. The van der Waals surface area contributed by atoms with Gasteiger partial charge >= 0.3 is 5.97 Å². The summed E-state index contributed by atoms with van der Waals surface area (Å²) in [5.74, 6) is 0.518. The van der Waals surface area contributed by atoms with Crippen molar-refractivity contribution >= 4 is 5.97 Å². The highest BCUT2D eigenvalue weighted by molar-refractivity contribution is 5.92. The summed E-state index contributed by atoms with van der Waals surface area (Å²) in [6, 6.07) is 4.98. The van der Waals surface area contributed by atoms with E-state index in [9.17, 15) is 4.79 Å². The number of hydrogen-bond donors (Lipinski definition) is 0. The Morgan fingerprint density at radius 2 is 1.60 bits per heavy atom. The van der Waals surface area contributed by atoms with E-state index in [1.165, 1.54) is 7.11 Å². The highest BCUT2D eigenvalue weighted by atomic mass is 16.5. The monoisotopic (exact) mass is 284 g/mol. The fourth-order valence-electron chi connectivity index (χ4n) is 1.47. The quantitative estimate of drug-likeness (QED) is 0.506. The molecule has 0 radical (unpaired) electrons. The molecule has 1 aromatic carbocycles. The molecule has 0 saturated carbocycles. The van der Waals surface area contributed by atoms with Crippen molar-refractivity contribution in [2.24, 2.45) is 0 Å². The maximum absolute atomic E-state index is 11.7. The summed E-state index contributed by atoms with van der Waals surface area (Å²) >= 11 is 0. The van der Waals surface area contributed by atoms with Gasteiger partial charge in [-0.15, -0.1) is 0 Å². The molecule has 1 aromatic rings. The molecular formula is C14H20O6. The first-order valence-corrected chi connectivity index (χ1v) is 6.18. The number of rotatable bonds is 9. The minimum absolute atomic E-state index is 0.318. The van der Waals surface area contributed by atoms with Gasteiger partial charge in [0, 0.05) is 14.2 Å². The number of esters is 1. The number of carbonyl (C=O) groups excluding carboxylic acids is 1. The van der Waals surface area contributed by atoms with E-state index in [1.54, 1.807) is 32.4 Å². The third-order valence-corrected chi connectivity index (χ3v) is 2.46. The fourth-order valence-corrected chi connectivity index (χ4v) is 1.47. The third-order valence-electron chi connectivity index (χ3n) is 2.46. The van der Waals surface area contributed by atoms with Gasteiger partial charge in [-0.05, 0) is 18.2 Å². The van der Waals surface area contributed by atoms with Crippen LogP contribution in [-0.4, -0.2) is 53.7 Å². The van der Waals surface area contributed by atoms with Crippen LogP contribution in [0.2, 0.25) is 0 Å². The van der Waals surface area contributed by atoms with Gasteiger partial charge in [-0.2, -0.15) is 0 Å². The SMILES string of the molecule is COCCOc1ccc(OCCOC)c(C(=O)OC)c1. The maximum atomic E-state index is 11.7.